The van der Waals surface area contributed by atoms with E-state index >= 15 is 0 Å². The molecule has 3 amide bonds. The highest BCUT2D eigenvalue weighted by Gasteiger charge is 2.26. The van der Waals surface area contributed by atoms with Crippen molar-refractivity contribution in [1.29, 1.82) is 0 Å². The van der Waals surface area contributed by atoms with Crippen molar-refractivity contribution in [2.75, 3.05) is 18.8 Å². The van der Waals surface area contributed by atoms with E-state index in [4.69, 9.17) is 11.6 Å². The first-order valence-corrected chi connectivity index (χ1v) is 13.0. The zero-order chi connectivity index (χ0) is 23.2. The molecular formula is C23H31ClN6O2S. The van der Waals surface area contributed by atoms with Gasteiger partial charge in [0, 0.05) is 30.2 Å². The lowest BCUT2D eigenvalue weighted by molar-refractivity contribution is -0.119. The van der Waals surface area contributed by atoms with E-state index in [1.54, 1.807) is 6.33 Å². The molecule has 2 N–H and O–H groups in total. The summed E-state index contributed by atoms with van der Waals surface area (Å²) in [4.78, 5) is 26.9. The third-order valence-corrected chi connectivity index (χ3v) is 7.71. The van der Waals surface area contributed by atoms with E-state index in [2.05, 4.69) is 20.8 Å². The highest BCUT2D eigenvalue weighted by molar-refractivity contribution is 7.99. The Kier molecular flexibility index (Phi) is 8.14. The van der Waals surface area contributed by atoms with Crippen molar-refractivity contribution in [2.24, 2.45) is 0 Å². The lowest BCUT2D eigenvalue weighted by atomic mass is 9.95. The van der Waals surface area contributed by atoms with Crippen LogP contribution in [0.4, 0.5) is 4.79 Å². The monoisotopic (exact) mass is 490 g/mol. The minimum atomic E-state index is -0.0402. The van der Waals surface area contributed by atoms with Crippen molar-refractivity contribution in [3.05, 3.63) is 35.1 Å². The Morgan fingerprint density at radius 1 is 1.09 bits per heavy atom. The number of thioether (sulfide) groups is 1. The summed E-state index contributed by atoms with van der Waals surface area (Å²) in [5.74, 6) is 0.210. The second kappa shape index (κ2) is 11.2. The van der Waals surface area contributed by atoms with Crippen LogP contribution in [0.3, 0.4) is 0 Å². The van der Waals surface area contributed by atoms with Gasteiger partial charge in [-0.2, -0.15) is 0 Å². The second-order valence-electron chi connectivity index (χ2n) is 8.82. The number of nitrogens with one attached hydrogen (secondary N) is 2. The Balaban J connectivity index is 1.21. The molecule has 1 aliphatic heterocycles. The number of halogens is 1. The first kappa shape index (κ1) is 23.9. The molecule has 2 heterocycles. The normalized spacial score (nSPS) is 17.7. The van der Waals surface area contributed by atoms with Gasteiger partial charge in [0.05, 0.1) is 11.4 Å². The number of benzene rings is 1. The molecule has 8 nitrogen and oxygen atoms in total. The summed E-state index contributed by atoms with van der Waals surface area (Å²) in [6.45, 7) is 3.28. The smallest absolute Gasteiger partial charge is 0.317 e. The fraction of sp³-hybridized carbons (Fsp3) is 0.565. The maximum absolute atomic E-state index is 12.5. The van der Waals surface area contributed by atoms with Gasteiger partial charge in [0.15, 0.2) is 5.16 Å². The van der Waals surface area contributed by atoms with Crippen LogP contribution < -0.4 is 10.6 Å². The largest absolute Gasteiger partial charge is 0.353 e. The number of urea groups is 1. The van der Waals surface area contributed by atoms with Crippen LogP contribution in [0, 0.1) is 6.92 Å². The Hall–Kier alpha value is -2.26. The summed E-state index contributed by atoms with van der Waals surface area (Å²) in [6, 6.07) is 6.21. The van der Waals surface area contributed by atoms with Crippen molar-refractivity contribution >= 4 is 35.3 Å². The van der Waals surface area contributed by atoms with E-state index in [-0.39, 0.29) is 23.7 Å². The first-order chi connectivity index (χ1) is 16.0. The number of hydrogen-bond donors (Lipinski definition) is 2. The molecule has 178 valence electrons. The summed E-state index contributed by atoms with van der Waals surface area (Å²) in [5, 5.41) is 15.7. The summed E-state index contributed by atoms with van der Waals surface area (Å²) >= 11 is 7.58. The molecule has 0 unspecified atom stereocenters. The van der Waals surface area contributed by atoms with Crippen molar-refractivity contribution in [2.45, 2.75) is 69.1 Å². The van der Waals surface area contributed by atoms with E-state index in [1.807, 2.05) is 34.6 Å². The van der Waals surface area contributed by atoms with Gasteiger partial charge in [-0.3, -0.25) is 9.36 Å². The Bertz CT molecular complexity index is 970. The first-order valence-electron chi connectivity index (χ1n) is 11.6. The van der Waals surface area contributed by atoms with Crippen LogP contribution in [0.2, 0.25) is 5.02 Å². The minimum Gasteiger partial charge on any atom is -0.353 e. The van der Waals surface area contributed by atoms with Crippen molar-refractivity contribution in [3.63, 3.8) is 0 Å². The van der Waals surface area contributed by atoms with E-state index in [1.165, 1.54) is 31.0 Å². The number of likely N-dealkylation sites (tertiary alicyclic amines) is 1. The van der Waals surface area contributed by atoms with Crippen LogP contribution in [0.15, 0.2) is 29.7 Å². The minimum absolute atomic E-state index is 0.0396. The van der Waals surface area contributed by atoms with Gasteiger partial charge < -0.3 is 15.5 Å². The molecule has 2 aromatic rings. The van der Waals surface area contributed by atoms with Gasteiger partial charge in [-0.15, -0.1) is 10.2 Å². The standard InChI is InChI=1S/C23H31ClN6O2S/c1-16-7-8-19(13-20(16)24)30-15-25-28-23(30)33-14-21(31)26-18-9-11-29(12-10-18)22(32)27-17-5-3-2-4-6-17/h7-8,13,15,17-18H,2-6,9-12,14H2,1H3,(H,26,31)(H,27,32). The molecule has 4 rings (SSSR count). The molecular weight excluding hydrogens is 460 g/mol. The van der Waals surface area contributed by atoms with E-state index in [0.717, 1.165) is 36.9 Å². The topological polar surface area (TPSA) is 92.2 Å². The average molecular weight is 491 g/mol. The SMILES string of the molecule is Cc1ccc(-n2cnnc2SCC(=O)NC2CCN(C(=O)NC3CCCCC3)CC2)cc1Cl. The number of aromatic nitrogens is 3. The van der Waals surface area contributed by atoms with Gasteiger partial charge >= 0.3 is 6.03 Å². The molecule has 10 heteroatoms. The zero-order valence-electron chi connectivity index (χ0n) is 18.9. The number of carbonyl (C=O) groups excluding carboxylic acids is 2. The Labute approximate surface area is 203 Å². The number of rotatable bonds is 6. The van der Waals surface area contributed by atoms with Gasteiger partial charge in [0.1, 0.15) is 6.33 Å². The average Bonchev–Trinajstić information content (AvgIpc) is 3.29. The molecule has 1 aliphatic carbocycles. The molecule has 1 aromatic heterocycles. The third kappa shape index (κ3) is 6.41. The predicted octanol–water partition coefficient (Wildman–Crippen LogP) is 3.94. The summed E-state index contributed by atoms with van der Waals surface area (Å²) in [6.07, 6.45) is 9.00. The molecule has 0 spiro atoms. The predicted molar refractivity (Wildman–Crippen MR) is 130 cm³/mol. The van der Waals surface area contributed by atoms with Gasteiger partial charge in [-0.25, -0.2) is 4.79 Å². The summed E-state index contributed by atoms with van der Waals surface area (Å²) in [7, 11) is 0. The van der Waals surface area contributed by atoms with Crippen molar-refractivity contribution < 1.29 is 9.59 Å². The maximum Gasteiger partial charge on any atom is 0.317 e. The van der Waals surface area contributed by atoms with Crippen molar-refractivity contribution in [1.82, 2.24) is 30.3 Å². The van der Waals surface area contributed by atoms with Crippen LogP contribution in [-0.4, -0.2) is 62.5 Å². The van der Waals surface area contributed by atoms with Gasteiger partial charge in [-0.1, -0.05) is 48.7 Å². The van der Waals surface area contributed by atoms with Crippen LogP contribution >= 0.6 is 23.4 Å². The Morgan fingerprint density at radius 2 is 1.82 bits per heavy atom. The molecule has 1 aromatic carbocycles. The summed E-state index contributed by atoms with van der Waals surface area (Å²) in [5.41, 5.74) is 1.86. The van der Waals surface area contributed by atoms with E-state index in [0.29, 0.717) is 29.3 Å². The van der Waals surface area contributed by atoms with Gasteiger partial charge in [0.2, 0.25) is 5.91 Å². The molecule has 2 aliphatic rings. The lowest BCUT2D eigenvalue weighted by Gasteiger charge is -2.34. The summed E-state index contributed by atoms with van der Waals surface area (Å²) < 4.78 is 1.83. The number of aryl methyl sites for hydroxylation is 1. The molecule has 0 atom stereocenters. The number of piperidine rings is 1. The molecule has 33 heavy (non-hydrogen) atoms. The molecule has 0 bridgehead atoms. The molecule has 1 saturated heterocycles. The van der Waals surface area contributed by atoms with Crippen LogP contribution in [0.1, 0.15) is 50.5 Å². The van der Waals surface area contributed by atoms with Gasteiger partial charge in [-0.05, 0) is 50.3 Å². The lowest BCUT2D eigenvalue weighted by Crippen LogP contribution is -2.51. The van der Waals surface area contributed by atoms with Crippen molar-refractivity contribution in [3.8, 4) is 5.69 Å². The van der Waals surface area contributed by atoms with Gasteiger partial charge in [0.25, 0.3) is 0 Å². The second-order valence-corrected chi connectivity index (χ2v) is 10.2. The Morgan fingerprint density at radius 3 is 2.55 bits per heavy atom. The number of hydrogen-bond acceptors (Lipinski definition) is 5. The quantitative estimate of drug-likeness (QED) is 0.598. The fourth-order valence-electron chi connectivity index (χ4n) is 4.37. The van der Waals surface area contributed by atoms with E-state index < -0.39 is 0 Å². The van der Waals surface area contributed by atoms with E-state index in [9.17, 15) is 9.59 Å². The zero-order valence-corrected chi connectivity index (χ0v) is 20.5. The maximum atomic E-state index is 12.5. The fourth-order valence-corrected chi connectivity index (χ4v) is 5.29. The highest BCUT2D eigenvalue weighted by atomic mass is 35.5. The highest BCUT2D eigenvalue weighted by Crippen LogP contribution is 2.24. The number of nitrogens with zero attached hydrogens (tertiary/aromatic N) is 4. The third-order valence-electron chi connectivity index (χ3n) is 6.36. The molecule has 2 fully saturated rings. The number of carbonyl (C=O) groups is 2. The van der Waals surface area contributed by atoms with Crippen LogP contribution in [0.25, 0.3) is 5.69 Å². The molecule has 0 radical (unpaired) electrons. The van der Waals surface area contributed by atoms with Crippen LogP contribution in [-0.2, 0) is 4.79 Å². The number of amides is 3. The molecule has 1 saturated carbocycles. The van der Waals surface area contributed by atoms with Crippen LogP contribution in [0.5, 0.6) is 0 Å².